The molecular formula is C30H34Cl2N6O3. The van der Waals surface area contributed by atoms with Gasteiger partial charge in [-0.15, -0.1) is 0 Å². The van der Waals surface area contributed by atoms with E-state index in [2.05, 4.69) is 37.8 Å². The Kier molecular flexibility index (Phi) is 8.30. The van der Waals surface area contributed by atoms with Gasteiger partial charge in [-0.25, -0.2) is 15.0 Å². The van der Waals surface area contributed by atoms with E-state index in [0.717, 1.165) is 75.5 Å². The van der Waals surface area contributed by atoms with E-state index in [1.165, 1.54) is 0 Å². The molecule has 1 saturated carbocycles. The first kappa shape index (κ1) is 28.2. The molecule has 1 unspecified atom stereocenters. The summed E-state index contributed by atoms with van der Waals surface area (Å²) < 4.78 is 6.19. The SMILES string of the molecule is CN1CCN(c2ncc(Oc3cc(CN4CC[C@@H]5C(CC(=O)O)[C@@H]5CC4)cc(-c4cc(Cl)cc(Cl)c4)n3)cn2)CC1. The van der Waals surface area contributed by atoms with Crippen molar-refractivity contribution in [3.8, 4) is 22.9 Å². The second-order valence-electron chi connectivity index (χ2n) is 11.4. The second-order valence-corrected chi connectivity index (χ2v) is 12.3. The van der Waals surface area contributed by atoms with E-state index in [1.54, 1.807) is 18.5 Å². The molecule has 0 spiro atoms. The molecular weight excluding hydrogens is 563 g/mol. The number of hydrogen-bond acceptors (Lipinski definition) is 8. The van der Waals surface area contributed by atoms with Crippen LogP contribution in [0, 0.1) is 17.8 Å². The molecule has 9 nitrogen and oxygen atoms in total. The molecule has 2 aliphatic heterocycles. The Balaban J connectivity index is 1.20. The first-order valence-electron chi connectivity index (χ1n) is 14.2. The van der Waals surface area contributed by atoms with Gasteiger partial charge in [-0.2, -0.15) is 0 Å². The highest BCUT2D eigenvalue weighted by atomic mass is 35.5. The molecule has 1 N–H and O–H groups in total. The van der Waals surface area contributed by atoms with Crippen LogP contribution in [0.25, 0.3) is 11.3 Å². The minimum absolute atomic E-state index is 0.298. The van der Waals surface area contributed by atoms with E-state index in [1.807, 2.05) is 18.2 Å². The Bertz CT molecular complexity index is 1370. The fourth-order valence-electron chi connectivity index (χ4n) is 6.28. The van der Waals surface area contributed by atoms with Crippen molar-refractivity contribution in [2.45, 2.75) is 25.8 Å². The van der Waals surface area contributed by atoms with Gasteiger partial charge in [0, 0.05) is 60.8 Å². The molecule has 1 aliphatic carbocycles. The van der Waals surface area contributed by atoms with Crippen LogP contribution >= 0.6 is 23.2 Å². The Morgan fingerprint density at radius 1 is 0.951 bits per heavy atom. The van der Waals surface area contributed by atoms with Crippen LogP contribution in [0.15, 0.2) is 42.7 Å². The number of ether oxygens (including phenoxy) is 1. The summed E-state index contributed by atoms with van der Waals surface area (Å²) in [5, 5.41) is 10.3. The maximum absolute atomic E-state index is 11.2. The third-order valence-corrected chi connectivity index (χ3v) is 8.96. The minimum Gasteiger partial charge on any atom is -0.481 e. The van der Waals surface area contributed by atoms with Crippen LogP contribution in [0.3, 0.4) is 0 Å². The molecule has 3 aliphatic rings. The van der Waals surface area contributed by atoms with Gasteiger partial charge in [-0.3, -0.25) is 9.69 Å². The molecule has 3 aromatic rings. The van der Waals surface area contributed by atoms with Gasteiger partial charge in [0.05, 0.1) is 18.1 Å². The van der Waals surface area contributed by atoms with Crippen molar-refractivity contribution in [1.82, 2.24) is 24.8 Å². The van der Waals surface area contributed by atoms with Crippen molar-refractivity contribution in [2.24, 2.45) is 17.8 Å². The van der Waals surface area contributed by atoms with Crippen LogP contribution in [0.2, 0.25) is 10.0 Å². The second kappa shape index (κ2) is 12.1. The van der Waals surface area contributed by atoms with Gasteiger partial charge < -0.3 is 19.6 Å². The number of fused-ring (bicyclic) bond motifs is 1. The first-order valence-corrected chi connectivity index (χ1v) is 14.9. The maximum Gasteiger partial charge on any atom is 0.303 e. The number of carboxylic acid groups (broad SMARTS) is 1. The number of hydrogen-bond donors (Lipinski definition) is 1. The lowest BCUT2D eigenvalue weighted by atomic mass is 10.1. The summed E-state index contributed by atoms with van der Waals surface area (Å²) in [6, 6.07) is 9.41. The summed E-state index contributed by atoms with van der Waals surface area (Å²) in [5.74, 6) is 2.39. The number of aromatic nitrogens is 3. The van der Waals surface area contributed by atoms with Crippen LogP contribution in [0.4, 0.5) is 5.95 Å². The zero-order valence-electron chi connectivity index (χ0n) is 23.0. The maximum atomic E-state index is 11.2. The number of carbonyl (C=O) groups is 1. The third kappa shape index (κ3) is 6.92. The van der Waals surface area contributed by atoms with Gasteiger partial charge in [-0.1, -0.05) is 23.2 Å². The number of anilines is 1. The molecule has 1 aromatic carbocycles. The monoisotopic (exact) mass is 596 g/mol. The lowest BCUT2D eigenvalue weighted by Gasteiger charge is -2.32. The summed E-state index contributed by atoms with van der Waals surface area (Å²) in [5.41, 5.74) is 2.59. The van der Waals surface area contributed by atoms with Gasteiger partial charge in [0.25, 0.3) is 0 Å². The largest absolute Gasteiger partial charge is 0.481 e. The minimum atomic E-state index is -0.683. The van der Waals surface area contributed by atoms with E-state index >= 15 is 0 Å². The summed E-state index contributed by atoms with van der Waals surface area (Å²) >= 11 is 12.6. The molecule has 0 amide bonds. The molecule has 4 heterocycles. The molecule has 0 radical (unpaired) electrons. The van der Waals surface area contributed by atoms with Crippen molar-refractivity contribution in [3.05, 3.63) is 58.3 Å². The van der Waals surface area contributed by atoms with Crippen molar-refractivity contribution in [2.75, 3.05) is 51.2 Å². The summed E-state index contributed by atoms with van der Waals surface area (Å²) in [6.07, 6.45) is 5.75. The van der Waals surface area contributed by atoms with Crippen LogP contribution in [-0.4, -0.2) is 82.1 Å². The zero-order chi connectivity index (χ0) is 28.5. The van der Waals surface area contributed by atoms with Crippen LogP contribution < -0.4 is 9.64 Å². The van der Waals surface area contributed by atoms with Crippen molar-refractivity contribution < 1.29 is 14.6 Å². The van der Waals surface area contributed by atoms with Crippen LogP contribution in [0.1, 0.15) is 24.8 Å². The molecule has 3 fully saturated rings. The number of aliphatic carboxylic acids is 1. The van der Waals surface area contributed by atoms with E-state index in [9.17, 15) is 9.90 Å². The zero-order valence-corrected chi connectivity index (χ0v) is 24.6. The van der Waals surface area contributed by atoms with Crippen molar-refractivity contribution in [3.63, 3.8) is 0 Å². The van der Waals surface area contributed by atoms with E-state index in [4.69, 9.17) is 32.9 Å². The van der Waals surface area contributed by atoms with Crippen LogP contribution in [0.5, 0.6) is 11.6 Å². The predicted octanol–water partition coefficient (Wildman–Crippen LogP) is 5.32. The van der Waals surface area contributed by atoms with E-state index in [0.29, 0.717) is 51.8 Å². The highest BCUT2D eigenvalue weighted by Gasteiger charge is 2.50. The molecule has 11 heteroatoms. The predicted molar refractivity (Wildman–Crippen MR) is 159 cm³/mol. The summed E-state index contributed by atoms with van der Waals surface area (Å²) in [4.78, 5) is 32.0. The number of rotatable bonds is 8. The average molecular weight is 598 g/mol. The molecule has 2 aromatic heterocycles. The Labute approximate surface area is 250 Å². The smallest absolute Gasteiger partial charge is 0.303 e. The Morgan fingerprint density at radius 2 is 1.61 bits per heavy atom. The molecule has 6 rings (SSSR count). The molecule has 2 saturated heterocycles. The van der Waals surface area contributed by atoms with Gasteiger partial charge in [0.2, 0.25) is 11.8 Å². The fourth-order valence-corrected chi connectivity index (χ4v) is 6.81. The summed E-state index contributed by atoms with van der Waals surface area (Å²) in [6.45, 7) is 6.37. The third-order valence-electron chi connectivity index (χ3n) is 8.53. The quantitative estimate of drug-likeness (QED) is 0.370. The van der Waals surface area contributed by atoms with E-state index in [-0.39, 0.29) is 0 Å². The number of nitrogens with zero attached hydrogens (tertiary/aromatic N) is 6. The number of piperazine rings is 1. The Hall–Kier alpha value is -2.98. The highest BCUT2D eigenvalue weighted by molar-refractivity contribution is 6.35. The summed E-state index contributed by atoms with van der Waals surface area (Å²) in [7, 11) is 2.12. The standard InChI is InChI=1S/C30H34Cl2N6O3/c1-36-6-8-38(9-7-36)30-33-16-23(17-34-30)41-28-11-19(10-27(35-28)20-12-21(31)14-22(32)13-20)18-37-4-2-24-25(3-5-37)26(24)15-29(39)40/h10-14,16-17,24-26H,2-9,15,18H2,1H3,(H,39,40)/t24-,25+,26?. The van der Waals surface area contributed by atoms with Gasteiger partial charge in [0.15, 0.2) is 5.75 Å². The van der Waals surface area contributed by atoms with Crippen molar-refractivity contribution in [1.29, 1.82) is 0 Å². The molecule has 41 heavy (non-hydrogen) atoms. The molecule has 216 valence electrons. The number of halogens is 2. The molecule has 3 atom stereocenters. The molecule has 0 bridgehead atoms. The number of benzene rings is 1. The van der Waals surface area contributed by atoms with Crippen LogP contribution in [-0.2, 0) is 11.3 Å². The van der Waals surface area contributed by atoms with Crippen molar-refractivity contribution >= 4 is 35.1 Å². The lowest BCUT2D eigenvalue weighted by molar-refractivity contribution is -0.137. The van der Waals surface area contributed by atoms with Gasteiger partial charge in [-0.05, 0) is 80.6 Å². The number of pyridine rings is 1. The normalized spacial score (nSPS) is 23.1. The first-order chi connectivity index (χ1) is 19.8. The van der Waals surface area contributed by atoms with Gasteiger partial charge >= 0.3 is 5.97 Å². The van der Waals surface area contributed by atoms with Gasteiger partial charge in [0.1, 0.15) is 0 Å². The fraction of sp³-hybridized carbons (Fsp3) is 0.467. The average Bonchev–Trinajstić information content (AvgIpc) is 3.64. The van der Waals surface area contributed by atoms with E-state index < -0.39 is 5.97 Å². The lowest BCUT2D eigenvalue weighted by Crippen LogP contribution is -2.45. The highest BCUT2D eigenvalue weighted by Crippen LogP contribution is 2.54. The number of carboxylic acids is 1. The number of likely N-dealkylation sites (tertiary alicyclic amines) is 1. The Morgan fingerprint density at radius 3 is 2.24 bits per heavy atom. The number of likely N-dealkylation sites (N-methyl/N-ethyl adjacent to an activating group) is 1. The topological polar surface area (TPSA) is 94.9 Å².